The minimum absolute atomic E-state index is 0.240. The number of aromatic nitrogens is 2. The van der Waals surface area contributed by atoms with Gasteiger partial charge >= 0.3 is 11.9 Å². The van der Waals surface area contributed by atoms with E-state index in [9.17, 15) is 14.7 Å². The van der Waals surface area contributed by atoms with Gasteiger partial charge in [0.15, 0.2) is 0 Å². The van der Waals surface area contributed by atoms with Crippen molar-refractivity contribution >= 4 is 11.9 Å². The van der Waals surface area contributed by atoms with E-state index in [1.54, 1.807) is 10.7 Å². The second-order valence-corrected chi connectivity index (χ2v) is 9.38. The molecule has 0 aliphatic carbocycles. The van der Waals surface area contributed by atoms with Crippen LogP contribution in [0.5, 0.6) is 0 Å². The lowest BCUT2D eigenvalue weighted by Gasteiger charge is -2.21. The monoisotopic (exact) mass is 462 g/mol. The van der Waals surface area contributed by atoms with Crippen molar-refractivity contribution in [3.05, 3.63) is 76.6 Å². The van der Waals surface area contributed by atoms with Gasteiger partial charge in [-0.1, -0.05) is 55.8 Å². The van der Waals surface area contributed by atoms with E-state index in [1.807, 2.05) is 70.2 Å². The highest BCUT2D eigenvalue weighted by atomic mass is 16.6. The van der Waals surface area contributed by atoms with Crippen LogP contribution in [-0.2, 0) is 24.1 Å². The molecule has 0 radical (unpaired) electrons. The number of benzene rings is 2. The van der Waals surface area contributed by atoms with E-state index in [4.69, 9.17) is 4.74 Å². The molecule has 6 heteroatoms. The Morgan fingerprint density at radius 1 is 1.00 bits per heavy atom. The van der Waals surface area contributed by atoms with Crippen LogP contribution in [0.1, 0.15) is 85.1 Å². The van der Waals surface area contributed by atoms with Crippen LogP contribution in [0.3, 0.4) is 0 Å². The number of aryl methyl sites for hydroxylation is 2. The molecule has 0 atom stereocenters. The molecular weight excluding hydrogens is 428 g/mol. The second-order valence-electron chi connectivity index (χ2n) is 9.38. The molecule has 0 aliphatic rings. The van der Waals surface area contributed by atoms with Gasteiger partial charge in [0.25, 0.3) is 0 Å². The highest BCUT2D eigenvalue weighted by molar-refractivity contribution is 5.98. The summed E-state index contributed by atoms with van der Waals surface area (Å²) in [6.07, 6.45) is 3.09. The third-order valence-electron chi connectivity index (χ3n) is 5.62. The summed E-state index contributed by atoms with van der Waals surface area (Å²) in [4.78, 5) is 25.2. The van der Waals surface area contributed by atoms with E-state index < -0.39 is 11.6 Å². The number of esters is 1. The number of unbranched alkanes of at least 4 members (excludes halogenated alkanes) is 1. The van der Waals surface area contributed by atoms with Gasteiger partial charge in [0.05, 0.1) is 11.3 Å². The molecule has 0 saturated carbocycles. The number of nitrogens with zero attached hydrogens (tertiary/aromatic N) is 2. The van der Waals surface area contributed by atoms with Crippen molar-refractivity contribution in [1.82, 2.24) is 9.78 Å². The quantitative estimate of drug-likeness (QED) is 0.385. The standard InChI is InChI=1S/C28H34N2O4/c1-6-8-17-24-23(25(26(31)32)30(7-2)29-24)18-19-13-9-10-14-20(19)21-15-11-12-16-22(21)27(33)34-28(3,4)5/h9-16H,6-8,17-18H2,1-5H3,(H,31,32). The van der Waals surface area contributed by atoms with Gasteiger partial charge < -0.3 is 9.84 Å². The predicted octanol–water partition coefficient (Wildman–Crippen LogP) is 6.16. The first kappa shape index (κ1) is 25.2. The van der Waals surface area contributed by atoms with Crippen LogP contribution in [0.4, 0.5) is 0 Å². The second kappa shape index (κ2) is 10.7. The molecule has 0 aliphatic heterocycles. The Bertz CT molecular complexity index is 1170. The van der Waals surface area contributed by atoms with E-state index in [1.165, 1.54) is 0 Å². The smallest absolute Gasteiger partial charge is 0.354 e. The number of carbonyl (C=O) groups is 2. The zero-order chi connectivity index (χ0) is 24.9. The number of carboxylic acid groups (broad SMARTS) is 1. The molecular formula is C28H34N2O4. The Morgan fingerprint density at radius 3 is 2.26 bits per heavy atom. The first-order valence-corrected chi connectivity index (χ1v) is 11.9. The largest absolute Gasteiger partial charge is 0.477 e. The molecule has 2 aromatic carbocycles. The van der Waals surface area contributed by atoms with Gasteiger partial charge in [-0.3, -0.25) is 4.68 Å². The first-order valence-electron chi connectivity index (χ1n) is 11.9. The van der Waals surface area contributed by atoms with Crippen molar-refractivity contribution in [3.8, 4) is 11.1 Å². The van der Waals surface area contributed by atoms with Crippen molar-refractivity contribution in [2.45, 2.75) is 72.4 Å². The van der Waals surface area contributed by atoms with Crippen molar-refractivity contribution in [1.29, 1.82) is 0 Å². The average molecular weight is 463 g/mol. The lowest BCUT2D eigenvalue weighted by Crippen LogP contribution is -2.24. The van der Waals surface area contributed by atoms with E-state index in [2.05, 4.69) is 12.0 Å². The van der Waals surface area contributed by atoms with Crippen LogP contribution in [-0.4, -0.2) is 32.4 Å². The van der Waals surface area contributed by atoms with Gasteiger partial charge in [-0.25, -0.2) is 9.59 Å². The minimum atomic E-state index is -0.973. The Labute approximate surface area is 201 Å². The maximum atomic E-state index is 13.0. The van der Waals surface area contributed by atoms with Crippen LogP contribution >= 0.6 is 0 Å². The molecule has 0 fully saturated rings. The number of aromatic carboxylic acids is 1. The van der Waals surface area contributed by atoms with E-state index in [-0.39, 0.29) is 11.7 Å². The third kappa shape index (κ3) is 5.74. The van der Waals surface area contributed by atoms with Crippen LogP contribution < -0.4 is 0 Å². The van der Waals surface area contributed by atoms with Gasteiger partial charge in [-0.2, -0.15) is 5.10 Å². The number of carboxylic acids is 1. The van der Waals surface area contributed by atoms with E-state index in [0.29, 0.717) is 18.5 Å². The molecule has 3 rings (SSSR count). The van der Waals surface area contributed by atoms with Gasteiger partial charge in [-0.05, 0) is 63.3 Å². The normalized spacial score (nSPS) is 11.4. The van der Waals surface area contributed by atoms with Gasteiger partial charge in [0, 0.05) is 18.5 Å². The topological polar surface area (TPSA) is 81.4 Å². The minimum Gasteiger partial charge on any atom is -0.477 e. The van der Waals surface area contributed by atoms with Crippen LogP contribution in [0, 0.1) is 0 Å². The van der Waals surface area contributed by atoms with E-state index in [0.717, 1.165) is 47.2 Å². The molecule has 3 aromatic rings. The SMILES string of the molecule is CCCCc1nn(CC)c(C(=O)O)c1Cc1ccccc1-c1ccccc1C(=O)OC(C)(C)C. The third-order valence-corrected chi connectivity index (χ3v) is 5.62. The number of ether oxygens (including phenoxy) is 1. The molecule has 0 amide bonds. The molecule has 6 nitrogen and oxygen atoms in total. The fourth-order valence-corrected chi connectivity index (χ4v) is 4.10. The molecule has 0 bridgehead atoms. The Hall–Kier alpha value is -3.41. The molecule has 1 aromatic heterocycles. The van der Waals surface area contributed by atoms with E-state index >= 15 is 0 Å². The number of rotatable bonds is 9. The summed E-state index contributed by atoms with van der Waals surface area (Å²) in [5, 5.41) is 14.6. The van der Waals surface area contributed by atoms with Gasteiger partial charge in [-0.15, -0.1) is 0 Å². The summed E-state index contributed by atoms with van der Waals surface area (Å²) < 4.78 is 7.23. The Kier molecular flexibility index (Phi) is 7.92. The first-order chi connectivity index (χ1) is 16.2. The average Bonchev–Trinajstić information content (AvgIpc) is 3.14. The number of hydrogen-bond donors (Lipinski definition) is 1. The summed E-state index contributed by atoms with van der Waals surface area (Å²) >= 11 is 0. The van der Waals surface area contributed by atoms with Crippen molar-refractivity contribution in [2.24, 2.45) is 0 Å². The van der Waals surface area contributed by atoms with Crippen LogP contribution in [0.15, 0.2) is 48.5 Å². The molecule has 1 heterocycles. The fraction of sp³-hybridized carbons (Fsp3) is 0.393. The summed E-state index contributed by atoms with van der Waals surface area (Å²) in [5.41, 5.74) is 4.27. The zero-order valence-electron chi connectivity index (χ0n) is 20.7. The highest BCUT2D eigenvalue weighted by Crippen LogP contribution is 2.31. The lowest BCUT2D eigenvalue weighted by atomic mass is 9.91. The predicted molar refractivity (Wildman–Crippen MR) is 133 cm³/mol. The maximum Gasteiger partial charge on any atom is 0.354 e. The van der Waals surface area contributed by atoms with Crippen molar-refractivity contribution < 1.29 is 19.4 Å². The lowest BCUT2D eigenvalue weighted by molar-refractivity contribution is 0.00702. The summed E-state index contributed by atoms with van der Waals surface area (Å²) in [6, 6.07) is 15.2. The van der Waals surface area contributed by atoms with Gasteiger partial charge in [0.2, 0.25) is 0 Å². The Balaban J connectivity index is 2.11. The van der Waals surface area contributed by atoms with Crippen molar-refractivity contribution in [3.63, 3.8) is 0 Å². The number of carbonyl (C=O) groups excluding carboxylic acids is 1. The van der Waals surface area contributed by atoms with Gasteiger partial charge in [0.1, 0.15) is 11.3 Å². The maximum absolute atomic E-state index is 13.0. The fourth-order valence-electron chi connectivity index (χ4n) is 4.10. The molecule has 180 valence electrons. The zero-order valence-corrected chi connectivity index (χ0v) is 20.7. The number of hydrogen-bond acceptors (Lipinski definition) is 4. The van der Waals surface area contributed by atoms with Crippen LogP contribution in [0.25, 0.3) is 11.1 Å². The highest BCUT2D eigenvalue weighted by Gasteiger charge is 2.25. The summed E-state index contributed by atoms with van der Waals surface area (Å²) in [5.74, 6) is -1.36. The molecule has 34 heavy (non-hydrogen) atoms. The summed E-state index contributed by atoms with van der Waals surface area (Å²) in [7, 11) is 0. The molecule has 1 N–H and O–H groups in total. The molecule has 0 unspecified atom stereocenters. The Morgan fingerprint density at radius 2 is 1.65 bits per heavy atom. The summed E-state index contributed by atoms with van der Waals surface area (Å²) in [6.45, 7) is 10.0. The molecule has 0 spiro atoms. The van der Waals surface area contributed by atoms with Crippen molar-refractivity contribution in [2.75, 3.05) is 0 Å². The molecule has 0 saturated heterocycles. The van der Waals surface area contributed by atoms with Crippen LogP contribution in [0.2, 0.25) is 0 Å².